The number of halogens is 4. The first-order chi connectivity index (χ1) is 15.2. The van der Waals surface area contributed by atoms with Crippen molar-refractivity contribution in [3.05, 3.63) is 92.1 Å². The second-order valence-corrected chi connectivity index (χ2v) is 9.94. The van der Waals surface area contributed by atoms with E-state index in [0.29, 0.717) is 38.9 Å². The first-order valence-electron chi connectivity index (χ1n) is 10.3. The summed E-state index contributed by atoms with van der Waals surface area (Å²) in [5.74, 6) is 0. The van der Waals surface area contributed by atoms with Crippen LogP contribution in [0.3, 0.4) is 0 Å². The second kappa shape index (κ2) is 9.76. The zero-order valence-corrected chi connectivity index (χ0v) is 20.5. The van der Waals surface area contributed by atoms with E-state index in [2.05, 4.69) is 14.8 Å². The van der Waals surface area contributed by atoms with Gasteiger partial charge < -0.3 is 10.0 Å². The zero-order valence-electron chi connectivity index (χ0n) is 17.5. The molecular weight excluding hydrogens is 488 g/mol. The molecule has 0 amide bonds. The lowest BCUT2D eigenvalue weighted by molar-refractivity contribution is 0.00678. The molecule has 0 saturated carbocycles. The molecule has 32 heavy (non-hydrogen) atoms. The topological polar surface area (TPSA) is 39.6 Å². The Morgan fingerprint density at radius 3 is 2.28 bits per heavy atom. The summed E-state index contributed by atoms with van der Waals surface area (Å²) in [5, 5.41) is 13.6. The minimum absolute atomic E-state index is 0.0219. The summed E-state index contributed by atoms with van der Waals surface area (Å²) in [4.78, 5) is 8.85. The number of β-amino-alcohol motifs (C(OH)–C–C–N with tert-alkyl or cyclic N) is 1. The molecule has 168 valence electrons. The Hall–Kier alpha value is -1.53. The van der Waals surface area contributed by atoms with E-state index in [1.807, 2.05) is 36.4 Å². The molecular formula is C24H23Cl4N3O. The monoisotopic (exact) mass is 509 g/mol. The summed E-state index contributed by atoms with van der Waals surface area (Å²) in [5.41, 5.74) is 1.53. The van der Waals surface area contributed by atoms with Gasteiger partial charge in [0, 0.05) is 42.4 Å². The maximum atomic E-state index is 11.2. The van der Waals surface area contributed by atoms with Crippen molar-refractivity contribution >= 4 is 52.1 Å². The van der Waals surface area contributed by atoms with E-state index in [-0.39, 0.29) is 6.04 Å². The summed E-state index contributed by atoms with van der Waals surface area (Å²) in [6, 6.07) is 17.0. The van der Waals surface area contributed by atoms with E-state index < -0.39 is 5.60 Å². The maximum Gasteiger partial charge on any atom is 0.116 e. The first kappa shape index (κ1) is 23.6. The lowest BCUT2D eigenvalue weighted by Crippen LogP contribution is -2.52. The van der Waals surface area contributed by atoms with Crippen molar-refractivity contribution in [2.24, 2.45) is 0 Å². The van der Waals surface area contributed by atoms with Gasteiger partial charge in [-0.05, 0) is 55.0 Å². The summed E-state index contributed by atoms with van der Waals surface area (Å²) in [6.45, 7) is 4.41. The highest BCUT2D eigenvalue weighted by atomic mass is 35.5. The predicted octanol–water partition coefficient (Wildman–Crippen LogP) is 6.47. The van der Waals surface area contributed by atoms with E-state index in [1.165, 1.54) is 0 Å². The van der Waals surface area contributed by atoms with Crippen LogP contribution in [-0.2, 0) is 5.60 Å². The minimum atomic E-state index is -1.12. The molecule has 1 aliphatic rings. The smallest absolute Gasteiger partial charge is 0.116 e. The first-order valence-corrected chi connectivity index (χ1v) is 11.8. The fraction of sp³-hybridized carbons (Fsp3) is 0.292. The molecule has 2 atom stereocenters. The quantitative estimate of drug-likeness (QED) is 0.427. The van der Waals surface area contributed by atoms with Gasteiger partial charge in [0.1, 0.15) is 5.60 Å². The predicted molar refractivity (Wildman–Crippen MR) is 133 cm³/mol. The Balaban J connectivity index is 1.61. The van der Waals surface area contributed by atoms with Gasteiger partial charge in [0.05, 0.1) is 27.5 Å². The van der Waals surface area contributed by atoms with Crippen LogP contribution in [0.5, 0.6) is 0 Å². The highest BCUT2D eigenvalue weighted by Crippen LogP contribution is 2.37. The molecule has 0 unspecified atom stereocenters. The summed E-state index contributed by atoms with van der Waals surface area (Å²) in [6.07, 6.45) is 1.56. The number of hydrogen-bond donors (Lipinski definition) is 1. The molecule has 0 aliphatic carbocycles. The van der Waals surface area contributed by atoms with E-state index >= 15 is 0 Å². The number of aliphatic hydroxyl groups is 1. The molecule has 1 saturated heterocycles. The highest BCUT2D eigenvalue weighted by Gasteiger charge is 2.34. The molecule has 1 N–H and O–H groups in total. The maximum absolute atomic E-state index is 11.2. The van der Waals surface area contributed by atoms with Crippen LogP contribution in [0.15, 0.2) is 60.8 Å². The molecule has 4 rings (SSSR count). The van der Waals surface area contributed by atoms with Crippen molar-refractivity contribution in [2.45, 2.75) is 18.6 Å². The van der Waals surface area contributed by atoms with Gasteiger partial charge in [0.2, 0.25) is 0 Å². The number of aromatic nitrogens is 1. The standard InChI is InChI=1S/C24H23Cl4N3O/c1-24(32,23-9-7-19(27)13-29-23)15-30-10-11-31(21-8-6-18(26)12-20(21)28)22(14-30)16-2-4-17(25)5-3-16/h2-9,12-13,22,32H,10-11,14-15H2,1H3/t22-,24+/m0/s1. The minimum Gasteiger partial charge on any atom is -0.382 e. The number of hydrogen-bond acceptors (Lipinski definition) is 4. The number of anilines is 1. The molecule has 0 radical (unpaired) electrons. The van der Waals surface area contributed by atoms with Gasteiger partial charge in [-0.2, -0.15) is 0 Å². The molecule has 2 heterocycles. The van der Waals surface area contributed by atoms with Crippen molar-refractivity contribution in [1.82, 2.24) is 9.88 Å². The van der Waals surface area contributed by atoms with E-state index in [4.69, 9.17) is 46.4 Å². The number of piperazine rings is 1. The molecule has 1 aromatic heterocycles. The van der Waals surface area contributed by atoms with Crippen molar-refractivity contribution in [3.63, 3.8) is 0 Å². The van der Waals surface area contributed by atoms with Crippen molar-refractivity contribution in [2.75, 3.05) is 31.1 Å². The third kappa shape index (κ3) is 5.33. The Labute approximate surface area is 208 Å². The lowest BCUT2D eigenvalue weighted by Gasteiger charge is -2.45. The molecule has 2 aromatic carbocycles. The van der Waals surface area contributed by atoms with Crippen molar-refractivity contribution < 1.29 is 5.11 Å². The van der Waals surface area contributed by atoms with Crippen LogP contribution >= 0.6 is 46.4 Å². The summed E-state index contributed by atoms with van der Waals surface area (Å²) >= 11 is 24.8. The van der Waals surface area contributed by atoms with Crippen LogP contribution in [0.1, 0.15) is 24.2 Å². The number of rotatable bonds is 5. The molecule has 4 nitrogen and oxygen atoms in total. The van der Waals surface area contributed by atoms with Gasteiger partial charge in [-0.15, -0.1) is 0 Å². The lowest BCUT2D eigenvalue weighted by atomic mass is 9.97. The zero-order chi connectivity index (χ0) is 22.9. The van der Waals surface area contributed by atoms with Crippen LogP contribution < -0.4 is 4.90 Å². The van der Waals surface area contributed by atoms with E-state index in [1.54, 1.807) is 31.3 Å². The molecule has 3 aromatic rings. The number of benzene rings is 2. The molecule has 8 heteroatoms. The third-order valence-electron chi connectivity index (χ3n) is 5.75. The average Bonchev–Trinajstić information content (AvgIpc) is 2.75. The molecule has 0 spiro atoms. The Kier molecular flexibility index (Phi) is 7.21. The normalized spacial score (nSPS) is 19.1. The van der Waals surface area contributed by atoms with Gasteiger partial charge >= 0.3 is 0 Å². The van der Waals surface area contributed by atoms with Crippen LogP contribution in [0.2, 0.25) is 20.1 Å². The summed E-state index contributed by atoms with van der Waals surface area (Å²) < 4.78 is 0. The molecule has 1 fully saturated rings. The van der Waals surface area contributed by atoms with E-state index in [0.717, 1.165) is 24.3 Å². The number of pyridine rings is 1. The Morgan fingerprint density at radius 2 is 1.62 bits per heavy atom. The summed E-state index contributed by atoms with van der Waals surface area (Å²) in [7, 11) is 0. The largest absolute Gasteiger partial charge is 0.382 e. The molecule has 1 aliphatic heterocycles. The van der Waals surface area contributed by atoms with Crippen LogP contribution in [0.25, 0.3) is 0 Å². The van der Waals surface area contributed by atoms with Crippen molar-refractivity contribution in [3.8, 4) is 0 Å². The van der Waals surface area contributed by atoms with Gasteiger partial charge in [-0.25, -0.2) is 0 Å². The van der Waals surface area contributed by atoms with Crippen LogP contribution in [-0.4, -0.2) is 41.2 Å². The van der Waals surface area contributed by atoms with Gasteiger partial charge in [-0.3, -0.25) is 9.88 Å². The third-order valence-corrected chi connectivity index (χ3v) is 6.76. The van der Waals surface area contributed by atoms with E-state index in [9.17, 15) is 5.11 Å². The van der Waals surface area contributed by atoms with Gasteiger partial charge in [0.15, 0.2) is 0 Å². The van der Waals surface area contributed by atoms with Crippen molar-refractivity contribution in [1.29, 1.82) is 0 Å². The van der Waals surface area contributed by atoms with Crippen LogP contribution in [0.4, 0.5) is 5.69 Å². The van der Waals surface area contributed by atoms with Gasteiger partial charge in [0.25, 0.3) is 0 Å². The number of nitrogens with zero attached hydrogens (tertiary/aromatic N) is 3. The van der Waals surface area contributed by atoms with Crippen LogP contribution in [0, 0.1) is 0 Å². The Morgan fingerprint density at radius 1 is 0.938 bits per heavy atom. The Bertz CT molecular complexity index is 1070. The SMILES string of the molecule is C[C@@](O)(CN1CCN(c2ccc(Cl)cc2Cl)[C@H](c2ccc(Cl)cc2)C1)c1ccc(Cl)cn1. The molecule has 0 bridgehead atoms. The average molecular weight is 511 g/mol. The fourth-order valence-corrected chi connectivity index (χ4v) is 4.92. The fourth-order valence-electron chi connectivity index (χ4n) is 4.17. The van der Waals surface area contributed by atoms with Gasteiger partial charge in [-0.1, -0.05) is 58.5 Å². The second-order valence-electron chi connectivity index (χ2n) is 8.23. The highest BCUT2D eigenvalue weighted by molar-refractivity contribution is 6.36.